The molecule has 0 saturated heterocycles. The summed E-state index contributed by atoms with van der Waals surface area (Å²) in [6, 6.07) is 14.1. The van der Waals surface area contributed by atoms with Crippen molar-refractivity contribution in [2.75, 3.05) is 0 Å². The SMILES string of the molecule is O=S(=O)(Cl)c1ccccc1-c1cccc(Br)c1. The van der Waals surface area contributed by atoms with Crippen LogP contribution in [-0.2, 0) is 9.05 Å². The standard InChI is InChI=1S/C12H8BrClO2S/c13-10-5-3-4-9(8-10)11-6-1-2-7-12(11)17(14,15)16/h1-8H. The molecule has 0 N–H and O–H groups in total. The first-order valence-electron chi connectivity index (χ1n) is 4.78. The molecule has 17 heavy (non-hydrogen) atoms. The Kier molecular flexibility index (Phi) is 3.56. The summed E-state index contributed by atoms with van der Waals surface area (Å²) in [5.41, 5.74) is 1.41. The number of rotatable bonds is 2. The highest BCUT2D eigenvalue weighted by Crippen LogP contribution is 2.30. The van der Waals surface area contributed by atoms with Crippen LogP contribution in [0.15, 0.2) is 57.9 Å². The maximum Gasteiger partial charge on any atom is 0.261 e. The Morgan fingerprint density at radius 3 is 2.35 bits per heavy atom. The maximum atomic E-state index is 11.5. The molecular formula is C12H8BrClO2S. The van der Waals surface area contributed by atoms with Crippen molar-refractivity contribution in [3.63, 3.8) is 0 Å². The third-order valence-corrected chi connectivity index (χ3v) is 4.16. The van der Waals surface area contributed by atoms with E-state index in [0.29, 0.717) is 5.56 Å². The van der Waals surface area contributed by atoms with Crippen LogP contribution in [0.2, 0.25) is 0 Å². The highest BCUT2D eigenvalue weighted by Gasteiger charge is 2.15. The van der Waals surface area contributed by atoms with E-state index in [1.165, 1.54) is 6.07 Å². The van der Waals surface area contributed by atoms with Gasteiger partial charge in [0.15, 0.2) is 0 Å². The number of hydrogen-bond donors (Lipinski definition) is 0. The number of benzene rings is 2. The molecule has 2 aromatic rings. The molecule has 5 heteroatoms. The van der Waals surface area contributed by atoms with Crippen molar-refractivity contribution in [1.82, 2.24) is 0 Å². The van der Waals surface area contributed by atoms with Gasteiger partial charge in [0.2, 0.25) is 0 Å². The minimum atomic E-state index is -3.74. The first-order valence-corrected chi connectivity index (χ1v) is 7.88. The first kappa shape index (κ1) is 12.6. The number of halogens is 2. The molecule has 0 aliphatic carbocycles. The Labute approximate surface area is 113 Å². The fourth-order valence-corrected chi connectivity index (χ4v) is 3.07. The molecule has 0 atom stereocenters. The van der Waals surface area contributed by atoms with Crippen LogP contribution < -0.4 is 0 Å². The van der Waals surface area contributed by atoms with Gasteiger partial charge in [-0.25, -0.2) is 8.42 Å². The van der Waals surface area contributed by atoms with Crippen LogP contribution in [0.25, 0.3) is 11.1 Å². The molecule has 0 bridgehead atoms. The van der Waals surface area contributed by atoms with Gasteiger partial charge in [0.05, 0.1) is 4.90 Å². The fraction of sp³-hybridized carbons (Fsp3) is 0. The lowest BCUT2D eigenvalue weighted by Crippen LogP contribution is -1.94. The maximum absolute atomic E-state index is 11.5. The van der Waals surface area contributed by atoms with Crippen molar-refractivity contribution >= 4 is 35.7 Å². The van der Waals surface area contributed by atoms with Crippen molar-refractivity contribution < 1.29 is 8.42 Å². The molecule has 88 valence electrons. The lowest BCUT2D eigenvalue weighted by Gasteiger charge is -2.07. The van der Waals surface area contributed by atoms with Gasteiger partial charge in [-0.3, -0.25) is 0 Å². The second-order valence-corrected chi connectivity index (χ2v) is 6.89. The largest absolute Gasteiger partial charge is 0.261 e. The second-order valence-electron chi connectivity index (χ2n) is 3.44. The third-order valence-electron chi connectivity index (χ3n) is 2.29. The molecule has 0 radical (unpaired) electrons. The molecule has 2 rings (SSSR count). The highest BCUT2D eigenvalue weighted by molar-refractivity contribution is 9.10. The van der Waals surface area contributed by atoms with Crippen LogP contribution in [0.1, 0.15) is 0 Å². The molecular weight excluding hydrogens is 324 g/mol. The van der Waals surface area contributed by atoms with E-state index in [0.717, 1.165) is 10.0 Å². The van der Waals surface area contributed by atoms with E-state index in [9.17, 15) is 8.42 Å². The third kappa shape index (κ3) is 2.89. The van der Waals surface area contributed by atoms with Crippen molar-refractivity contribution in [3.05, 3.63) is 53.0 Å². The molecule has 0 amide bonds. The Morgan fingerprint density at radius 1 is 1.00 bits per heavy atom. The molecule has 0 aliphatic heterocycles. The predicted molar refractivity (Wildman–Crippen MR) is 72.6 cm³/mol. The van der Waals surface area contributed by atoms with Crippen LogP contribution in [0.3, 0.4) is 0 Å². The van der Waals surface area contributed by atoms with Gasteiger partial charge in [-0.15, -0.1) is 0 Å². The second kappa shape index (κ2) is 4.80. The minimum Gasteiger partial charge on any atom is -0.207 e. The molecule has 0 aliphatic rings. The van der Waals surface area contributed by atoms with Gasteiger partial charge in [0, 0.05) is 20.7 Å². The molecule has 0 aromatic heterocycles. The zero-order valence-corrected chi connectivity index (χ0v) is 11.8. The van der Waals surface area contributed by atoms with E-state index in [4.69, 9.17) is 10.7 Å². The van der Waals surface area contributed by atoms with E-state index < -0.39 is 9.05 Å². The van der Waals surface area contributed by atoms with E-state index >= 15 is 0 Å². The summed E-state index contributed by atoms with van der Waals surface area (Å²) in [7, 11) is 1.68. The van der Waals surface area contributed by atoms with Crippen LogP contribution in [0, 0.1) is 0 Å². The number of hydrogen-bond acceptors (Lipinski definition) is 2. The Balaban J connectivity index is 2.69. The van der Waals surface area contributed by atoms with E-state index in [1.54, 1.807) is 18.2 Å². The highest BCUT2D eigenvalue weighted by atomic mass is 79.9. The van der Waals surface area contributed by atoms with Gasteiger partial charge in [0.25, 0.3) is 9.05 Å². The summed E-state index contributed by atoms with van der Waals surface area (Å²) in [5.74, 6) is 0. The molecule has 0 saturated carbocycles. The lowest BCUT2D eigenvalue weighted by atomic mass is 10.1. The Morgan fingerprint density at radius 2 is 1.71 bits per heavy atom. The van der Waals surface area contributed by atoms with Gasteiger partial charge in [-0.05, 0) is 23.8 Å². The monoisotopic (exact) mass is 330 g/mol. The molecule has 2 aromatic carbocycles. The molecule has 0 unspecified atom stereocenters. The topological polar surface area (TPSA) is 34.1 Å². The normalized spacial score (nSPS) is 11.4. The van der Waals surface area contributed by atoms with Gasteiger partial charge in [-0.2, -0.15) is 0 Å². The van der Waals surface area contributed by atoms with Crippen molar-refractivity contribution in [2.45, 2.75) is 4.90 Å². The van der Waals surface area contributed by atoms with Gasteiger partial charge in [0.1, 0.15) is 0 Å². The Hall–Kier alpha value is -0.840. The summed E-state index contributed by atoms with van der Waals surface area (Å²) in [6.45, 7) is 0. The van der Waals surface area contributed by atoms with Crippen LogP contribution >= 0.6 is 26.6 Å². The zero-order valence-electron chi connectivity index (χ0n) is 8.60. The quantitative estimate of drug-likeness (QED) is 0.778. The molecule has 0 fully saturated rings. The summed E-state index contributed by atoms with van der Waals surface area (Å²) in [5, 5.41) is 0. The van der Waals surface area contributed by atoms with E-state index in [2.05, 4.69) is 15.9 Å². The molecule has 0 heterocycles. The van der Waals surface area contributed by atoms with Crippen molar-refractivity contribution in [3.8, 4) is 11.1 Å². The summed E-state index contributed by atoms with van der Waals surface area (Å²) >= 11 is 3.35. The Bertz CT molecular complexity index is 653. The lowest BCUT2D eigenvalue weighted by molar-refractivity contribution is 0.610. The minimum absolute atomic E-state index is 0.125. The average Bonchev–Trinajstić information content (AvgIpc) is 2.28. The van der Waals surface area contributed by atoms with Crippen LogP contribution in [0.5, 0.6) is 0 Å². The van der Waals surface area contributed by atoms with Crippen molar-refractivity contribution in [1.29, 1.82) is 0 Å². The predicted octanol–water partition coefficient (Wildman–Crippen LogP) is 4.04. The molecule has 2 nitrogen and oxygen atoms in total. The smallest absolute Gasteiger partial charge is 0.207 e. The van der Waals surface area contributed by atoms with Crippen molar-refractivity contribution in [2.24, 2.45) is 0 Å². The van der Waals surface area contributed by atoms with Gasteiger partial charge >= 0.3 is 0 Å². The van der Waals surface area contributed by atoms with E-state index in [1.807, 2.05) is 24.3 Å². The van der Waals surface area contributed by atoms with Crippen LogP contribution in [0.4, 0.5) is 0 Å². The van der Waals surface area contributed by atoms with Gasteiger partial charge < -0.3 is 0 Å². The first-order chi connectivity index (χ1) is 7.98. The fourth-order valence-electron chi connectivity index (χ4n) is 1.57. The molecule has 0 spiro atoms. The van der Waals surface area contributed by atoms with E-state index in [-0.39, 0.29) is 4.90 Å². The average molecular weight is 332 g/mol. The van der Waals surface area contributed by atoms with Crippen LogP contribution in [-0.4, -0.2) is 8.42 Å². The van der Waals surface area contributed by atoms with Gasteiger partial charge in [-0.1, -0.05) is 46.3 Å². The zero-order chi connectivity index (χ0) is 12.5. The summed E-state index contributed by atoms with van der Waals surface area (Å²) in [4.78, 5) is 0.125. The summed E-state index contributed by atoms with van der Waals surface area (Å²) < 4.78 is 23.8. The summed E-state index contributed by atoms with van der Waals surface area (Å²) in [6.07, 6.45) is 0.